The van der Waals surface area contributed by atoms with Gasteiger partial charge in [-0.1, -0.05) is 53.5 Å². The molecule has 1 aliphatic carbocycles. The van der Waals surface area contributed by atoms with Crippen molar-refractivity contribution in [2.75, 3.05) is 26.2 Å². The molecule has 9 heteroatoms. The zero-order chi connectivity index (χ0) is 26.6. The fourth-order valence-corrected chi connectivity index (χ4v) is 4.92. The first-order chi connectivity index (χ1) is 18.4. The highest BCUT2D eigenvalue weighted by atomic mass is 35.5. The maximum absolute atomic E-state index is 15.5. The lowest BCUT2D eigenvalue weighted by Crippen LogP contribution is -2.42. The number of benzene rings is 2. The summed E-state index contributed by atoms with van der Waals surface area (Å²) in [5.41, 5.74) is 2.11. The molecular weight excluding hydrogens is 528 g/mol. The van der Waals surface area contributed by atoms with Crippen LogP contribution in [-0.4, -0.2) is 53.8 Å². The number of halogens is 3. The molecule has 1 saturated heterocycles. The second-order valence-electron chi connectivity index (χ2n) is 9.25. The zero-order valence-electron chi connectivity index (χ0n) is 20.5. The Morgan fingerprint density at radius 2 is 1.63 bits per heavy atom. The Labute approximate surface area is 230 Å². The van der Waals surface area contributed by atoms with E-state index in [4.69, 9.17) is 27.9 Å². The average Bonchev–Trinajstić information content (AvgIpc) is 3.10. The molecule has 1 atom stereocenters. The van der Waals surface area contributed by atoms with Crippen molar-refractivity contribution in [2.45, 2.75) is 19.2 Å². The van der Waals surface area contributed by atoms with Crippen LogP contribution in [0.3, 0.4) is 0 Å². The predicted octanol–water partition coefficient (Wildman–Crippen LogP) is 4.96. The fraction of sp³-hybridized carbons (Fsp3) is 0.241. The van der Waals surface area contributed by atoms with E-state index >= 15 is 4.39 Å². The molecular formula is C29H26Cl2FN3O3. The number of rotatable bonds is 6. The van der Waals surface area contributed by atoms with Crippen LogP contribution in [0, 0.1) is 0 Å². The first-order valence-electron chi connectivity index (χ1n) is 12.3. The summed E-state index contributed by atoms with van der Waals surface area (Å²) in [4.78, 5) is 30.4. The van der Waals surface area contributed by atoms with Crippen molar-refractivity contribution in [1.82, 2.24) is 15.1 Å². The molecule has 0 aromatic heterocycles. The third-order valence-corrected chi connectivity index (χ3v) is 7.18. The van der Waals surface area contributed by atoms with Crippen LogP contribution in [0.4, 0.5) is 4.39 Å². The smallest absolute Gasteiger partial charge is 0.343 e. The van der Waals surface area contributed by atoms with Gasteiger partial charge >= 0.3 is 5.97 Å². The maximum Gasteiger partial charge on any atom is 0.343 e. The second kappa shape index (κ2) is 11.6. The molecule has 0 saturated carbocycles. The van der Waals surface area contributed by atoms with Crippen molar-refractivity contribution < 1.29 is 18.7 Å². The van der Waals surface area contributed by atoms with Crippen molar-refractivity contribution in [3.63, 3.8) is 0 Å². The molecule has 3 aliphatic rings. The predicted molar refractivity (Wildman–Crippen MR) is 145 cm³/mol. The van der Waals surface area contributed by atoms with E-state index < -0.39 is 23.6 Å². The Bertz CT molecular complexity index is 1340. The van der Waals surface area contributed by atoms with Gasteiger partial charge in [-0.05, 0) is 47.5 Å². The van der Waals surface area contributed by atoms with Crippen LogP contribution in [0.5, 0.6) is 0 Å². The number of nitrogens with zero attached hydrogens (tertiary/aromatic N) is 2. The number of nitrogens with one attached hydrogen (secondary N) is 1. The van der Waals surface area contributed by atoms with Crippen molar-refractivity contribution in [3.05, 3.63) is 117 Å². The summed E-state index contributed by atoms with van der Waals surface area (Å²) in [6.45, 7) is 3.15. The Hall–Kier alpha value is -3.39. The fourth-order valence-electron chi connectivity index (χ4n) is 4.67. The number of esters is 1. The molecule has 0 bridgehead atoms. The van der Waals surface area contributed by atoms with Crippen LogP contribution in [-0.2, 0) is 27.5 Å². The van der Waals surface area contributed by atoms with Crippen LogP contribution < -0.4 is 5.32 Å². The highest BCUT2D eigenvalue weighted by Gasteiger charge is 2.37. The van der Waals surface area contributed by atoms with Gasteiger partial charge in [0.2, 0.25) is 0 Å². The molecule has 2 aromatic carbocycles. The van der Waals surface area contributed by atoms with Crippen molar-refractivity contribution in [3.8, 4) is 0 Å². The number of ketones is 1. The average molecular weight is 554 g/mol. The molecule has 5 rings (SSSR count). The van der Waals surface area contributed by atoms with Crippen molar-refractivity contribution >= 4 is 35.0 Å². The van der Waals surface area contributed by atoms with Crippen molar-refractivity contribution in [2.24, 2.45) is 0 Å². The van der Waals surface area contributed by atoms with Crippen LogP contribution >= 0.6 is 23.2 Å². The molecule has 0 radical (unpaired) electrons. The van der Waals surface area contributed by atoms with Crippen LogP contribution in [0.15, 0.2) is 95.6 Å². The molecule has 1 fully saturated rings. The summed E-state index contributed by atoms with van der Waals surface area (Å²) < 4.78 is 21.0. The lowest BCUT2D eigenvalue weighted by Gasteiger charge is -2.34. The quantitative estimate of drug-likeness (QED) is 0.403. The number of fused-ring (bicyclic) bond motifs is 1. The first-order valence-corrected chi connectivity index (χ1v) is 13.1. The summed E-state index contributed by atoms with van der Waals surface area (Å²) in [5.74, 6) is -1.83. The highest BCUT2D eigenvalue weighted by Crippen LogP contribution is 2.32. The first kappa shape index (κ1) is 26.2. The number of carbonyl (C=O) groups excluding carboxylic acids is 2. The molecule has 0 spiro atoms. The SMILES string of the molecule is O=C(OCc1ccc(Cl)cc1)C1=CN(Cc2ccc(Cl)cc2)C2C=CC(N3CCNCC3)=C(F)C=C2C1=O. The van der Waals surface area contributed by atoms with E-state index in [1.54, 1.807) is 42.5 Å². The van der Waals surface area contributed by atoms with Gasteiger partial charge < -0.3 is 19.9 Å². The molecule has 2 aliphatic heterocycles. The monoisotopic (exact) mass is 553 g/mol. The van der Waals surface area contributed by atoms with Crippen molar-refractivity contribution in [1.29, 1.82) is 0 Å². The minimum atomic E-state index is -0.773. The molecule has 1 N–H and O–H groups in total. The molecule has 6 nitrogen and oxygen atoms in total. The van der Waals surface area contributed by atoms with Gasteiger partial charge in [-0.2, -0.15) is 0 Å². The van der Waals surface area contributed by atoms with E-state index in [2.05, 4.69) is 5.32 Å². The number of hydrogen-bond acceptors (Lipinski definition) is 6. The lowest BCUT2D eigenvalue weighted by atomic mass is 9.91. The number of hydrogen-bond donors (Lipinski definition) is 1. The number of carbonyl (C=O) groups is 2. The van der Waals surface area contributed by atoms with E-state index in [-0.39, 0.29) is 17.8 Å². The second-order valence-corrected chi connectivity index (χ2v) is 10.1. The molecule has 196 valence electrons. The van der Waals surface area contributed by atoms with Gasteiger partial charge in [-0.25, -0.2) is 9.18 Å². The minimum absolute atomic E-state index is 0.0262. The number of ether oxygens (including phenoxy) is 1. The minimum Gasteiger partial charge on any atom is -0.457 e. The zero-order valence-corrected chi connectivity index (χ0v) is 22.0. The van der Waals surface area contributed by atoms with Gasteiger partial charge in [0, 0.05) is 54.5 Å². The van der Waals surface area contributed by atoms with E-state index in [1.807, 2.05) is 28.0 Å². The summed E-state index contributed by atoms with van der Waals surface area (Å²) in [7, 11) is 0. The normalized spacial score (nSPS) is 19.6. The highest BCUT2D eigenvalue weighted by molar-refractivity contribution is 6.30. The van der Waals surface area contributed by atoms with Crippen LogP contribution in [0.25, 0.3) is 0 Å². The van der Waals surface area contributed by atoms with Crippen LogP contribution in [0.1, 0.15) is 11.1 Å². The van der Waals surface area contributed by atoms with Gasteiger partial charge in [-0.15, -0.1) is 0 Å². The summed E-state index contributed by atoms with van der Waals surface area (Å²) in [6, 6.07) is 13.6. The third kappa shape index (κ3) is 5.85. The summed E-state index contributed by atoms with van der Waals surface area (Å²) >= 11 is 12.0. The van der Waals surface area contributed by atoms with E-state index in [1.165, 1.54) is 12.3 Å². The van der Waals surface area contributed by atoms with E-state index in [0.717, 1.165) is 24.2 Å². The largest absolute Gasteiger partial charge is 0.457 e. The third-order valence-electron chi connectivity index (χ3n) is 6.68. The summed E-state index contributed by atoms with van der Waals surface area (Å²) in [6.07, 6.45) is 6.32. The number of piperazine rings is 1. The number of Topliss-reactive ketones (excluding diaryl/α,β-unsaturated/α-hetero) is 1. The molecule has 2 aromatic rings. The van der Waals surface area contributed by atoms with Gasteiger partial charge in [0.1, 0.15) is 18.0 Å². The van der Waals surface area contributed by atoms with E-state index in [0.29, 0.717) is 35.4 Å². The van der Waals surface area contributed by atoms with Crippen LogP contribution in [0.2, 0.25) is 10.0 Å². The Kier molecular flexibility index (Phi) is 7.98. The maximum atomic E-state index is 15.5. The topological polar surface area (TPSA) is 61.9 Å². The van der Waals surface area contributed by atoms with Gasteiger partial charge in [0.25, 0.3) is 0 Å². The summed E-state index contributed by atoms with van der Waals surface area (Å²) in [5, 5.41) is 4.43. The van der Waals surface area contributed by atoms with E-state index in [9.17, 15) is 9.59 Å². The molecule has 38 heavy (non-hydrogen) atoms. The van der Waals surface area contributed by atoms with Gasteiger partial charge in [0.05, 0.1) is 11.7 Å². The Morgan fingerprint density at radius 1 is 1.00 bits per heavy atom. The lowest BCUT2D eigenvalue weighted by molar-refractivity contribution is -0.141. The molecule has 2 heterocycles. The van der Waals surface area contributed by atoms with Gasteiger partial charge in [-0.3, -0.25) is 4.79 Å². The Morgan fingerprint density at radius 3 is 2.29 bits per heavy atom. The molecule has 0 amide bonds. The molecule has 1 unspecified atom stereocenters. The number of allylic oxidation sites excluding steroid dienone is 3. The Balaban J connectivity index is 1.46. The standard InChI is InChI=1S/C29H26Cl2FN3O3/c30-21-5-1-19(2-6-21)16-35-17-24(29(37)38-18-20-3-7-22(31)8-4-20)28(36)23-15-25(32)27(10-9-26(23)35)34-13-11-33-12-14-34/h1-10,15,17,26,33H,11-14,16,18H2. The van der Waals surface area contributed by atoms with Gasteiger partial charge in [0.15, 0.2) is 5.78 Å².